The number of benzene rings is 3. The molecular weight excluding hydrogens is 450 g/mol. The van der Waals surface area contributed by atoms with Crippen LogP contribution in [0.25, 0.3) is 5.76 Å². The van der Waals surface area contributed by atoms with Crippen LogP contribution in [0.1, 0.15) is 43.5 Å². The predicted octanol–water partition coefficient (Wildman–Crippen LogP) is 6.27. The zero-order valence-corrected chi connectivity index (χ0v) is 20.3. The number of carbonyl (C=O) groups excluding carboxylic acids is 2. The number of nitrogens with zero attached hydrogens (tertiary/aromatic N) is 1. The first-order chi connectivity index (χ1) is 16.1. The van der Waals surface area contributed by atoms with Gasteiger partial charge in [0.1, 0.15) is 11.5 Å². The van der Waals surface area contributed by atoms with Crippen LogP contribution in [0.15, 0.2) is 78.4 Å². The van der Waals surface area contributed by atoms with Gasteiger partial charge in [0.15, 0.2) is 0 Å². The third-order valence-corrected chi connectivity index (χ3v) is 6.22. The number of carbonyl (C=O) groups is 2. The number of aliphatic hydroxyl groups excluding tert-OH is 1. The summed E-state index contributed by atoms with van der Waals surface area (Å²) in [6.07, 6.45) is 0. The zero-order valence-electron chi connectivity index (χ0n) is 19.5. The largest absolute Gasteiger partial charge is 0.507 e. The number of ether oxygens (including phenoxy) is 1. The molecule has 34 heavy (non-hydrogen) atoms. The molecule has 0 radical (unpaired) electrons. The minimum Gasteiger partial charge on any atom is -0.507 e. The summed E-state index contributed by atoms with van der Waals surface area (Å²) in [4.78, 5) is 27.9. The molecule has 1 N–H and O–H groups in total. The quantitative estimate of drug-likeness (QED) is 0.274. The van der Waals surface area contributed by atoms with Gasteiger partial charge in [0.2, 0.25) is 0 Å². The van der Waals surface area contributed by atoms with Crippen LogP contribution in [0.4, 0.5) is 5.69 Å². The van der Waals surface area contributed by atoms with E-state index in [1.165, 1.54) is 4.90 Å². The van der Waals surface area contributed by atoms with Crippen LogP contribution in [-0.4, -0.2) is 23.9 Å². The monoisotopic (exact) mass is 475 g/mol. The fourth-order valence-electron chi connectivity index (χ4n) is 4.11. The lowest BCUT2D eigenvalue weighted by Gasteiger charge is -2.26. The van der Waals surface area contributed by atoms with Crippen molar-refractivity contribution >= 4 is 34.7 Å². The highest BCUT2D eigenvalue weighted by Gasteiger charge is 2.47. The Hall–Kier alpha value is -3.57. The number of hydrogen-bond acceptors (Lipinski definition) is 4. The molecule has 1 amide bonds. The van der Waals surface area contributed by atoms with E-state index in [-0.39, 0.29) is 16.7 Å². The molecule has 0 saturated carbocycles. The summed E-state index contributed by atoms with van der Waals surface area (Å²) in [6, 6.07) is 20.5. The van der Waals surface area contributed by atoms with Gasteiger partial charge in [0.25, 0.3) is 11.7 Å². The molecule has 1 heterocycles. The molecule has 1 fully saturated rings. The van der Waals surface area contributed by atoms with Gasteiger partial charge >= 0.3 is 0 Å². The first-order valence-electron chi connectivity index (χ1n) is 10.9. The zero-order chi connectivity index (χ0) is 24.6. The second kappa shape index (κ2) is 8.99. The number of methoxy groups -OCH3 is 1. The van der Waals surface area contributed by atoms with E-state index < -0.39 is 17.7 Å². The van der Waals surface area contributed by atoms with Crippen molar-refractivity contribution in [3.05, 3.63) is 100 Å². The standard InChI is InChI=1S/C28H26ClNO4/c1-28(2,3)19-10-8-17(9-11-19)24-23(25(31)18-6-5-7-20(29)16-18)26(32)27(33)30(24)21-12-14-22(34-4)15-13-21/h5-16,24,31H,1-4H3/b25-23-. The number of rotatable bonds is 4. The number of aliphatic hydroxyl groups is 1. The van der Waals surface area contributed by atoms with Crippen molar-refractivity contribution in [1.29, 1.82) is 0 Å². The van der Waals surface area contributed by atoms with Crippen LogP contribution >= 0.6 is 11.6 Å². The summed E-state index contributed by atoms with van der Waals surface area (Å²) in [5.41, 5.74) is 2.69. The molecule has 1 saturated heterocycles. The summed E-state index contributed by atoms with van der Waals surface area (Å²) >= 11 is 6.12. The van der Waals surface area contributed by atoms with Gasteiger partial charge in [0.05, 0.1) is 18.7 Å². The molecule has 1 aliphatic heterocycles. The first kappa shape index (κ1) is 23.6. The molecule has 1 aliphatic rings. The van der Waals surface area contributed by atoms with Crippen LogP contribution in [0.5, 0.6) is 5.75 Å². The predicted molar refractivity (Wildman–Crippen MR) is 134 cm³/mol. The Balaban J connectivity index is 1.91. The number of Topliss-reactive ketones (excluding diaryl/α,β-unsaturated/α-hetero) is 1. The molecule has 4 rings (SSSR count). The summed E-state index contributed by atoms with van der Waals surface area (Å²) in [5, 5.41) is 11.6. The lowest BCUT2D eigenvalue weighted by molar-refractivity contribution is -0.132. The molecule has 174 valence electrons. The molecule has 0 bridgehead atoms. The van der Waals surface area contributed by atoms with Gasteiger partial charge in [-0.15, -0.1) is 0 Å². The summed E-state index contributed by atoms with van der Waals surface area (Å²) in [6.45, 7) is 6.35. The molecule has 3 aromatic rings. The topological polar surface area (TPSA) is 66.8 Å². The second-order valence-electron chi connectivity index (χ2n) is 9.25. The Morgan fingerprint density at radius 2 is 1.62 bits per heavy atom. The Bertz CT molecular complexity index is 1270. The van der Waals surface area contributed by atoms with E-state index in [1.54, 1.807) is 55.6 Å². The van der Waals surface area contributed by atoms with Crippen molar-refractivity contribution in [3.8, 4) is 5.75 Å². The van der Waals surface area contributed by atoms with Crippen molar-refractivity contribution in [3.63, 3.8) is 0 Å². The van der Waals surface area contributed by atoms with Crippen molar-refractivity contribution in [2.24, 2.45) is 0 Å². The fraction of sp³-hybridized carbons (Fsp3) is 0.214. The maximum atomic E-state index is 13.3. The first-order valence-corrected chi connectivity index (χ1v) is 11.3. The summed E-state index contributed by atoms with van der Waals surface area (Å²) < 4.78 is 5.23. The van der Waals surface area contributed by atoms with E-state index in [4.69, 9.17) is 16.3 Å². The molecule has 3 aromatic carbocycles. The molecular formula is C28H26ClNO4. The van der Waals surface area contributed by atoms with Crippen molar-refractivity contribution in [2.45, 2.75) is 32.2 Å². The van der Waals surface area contributed by atoms with Crippen LogP contribution in [0, 0.1) is 0 Å². The van der Waals surface area contributed by atoms with Crippen molar-refractivity contribution in [1.82, 2.24) is 0 Å². The number of ketones is 1. The van der Waals surface area contributed by atoms with Gasteiger partial charge in [-0.1, -0.05) is 68.8 Å². The van der Waals surface area contributed by atoms with E-state index in [9.17, 15) is 14.7 Å². The van der Waals surface area contributed by atoms with E-state index in [2.05, 4.69) is 20.8 Å². The summed E-state index contributed by atoms with van der Waals surface area (Å²) in [5.74, 6) is -1.09. The Labute approximate surface area is 204 Å². The van der Waals surface area contributed by atoms with E-state index in [0.29, 0.717) is 27.6 Å². The van der Waals surface area contributed by atoms with E-state index >= 15 is 0 Å². The lowest BCUT2D eigenvalue weighted by atomic mass is 9.85. The SMILES string of the molecule is COc1ccc(N2C(=O)C(=O)/C(=C(\O)c3cccc(Cl)c3)C2c2ccc(C(C)(C)C)cc2)cc1. The van der Waals surface area contributed by atoms with Crippen LogP contribution < -0.4 is 9.64 Å². The summed E-state index contributed by atoms with van der Waals surface area (Å²) in [7, 11) is 1.56. The molecule has 0 aromatic heterocycles. The van der Waals surface area contributed by atoms with E-state index in [0.717, 1.165) is 5.56 Å². The highest BCUT2D eigenvalue weighted by molar-refractivity contribution is 6.51. The lowest BCUT2D eigenvalue weighted by Crippen LogP contribution is -2.29. The third-order valence-electron chi connectivity index (χ3n) is 5.99. The smallest absolute Gasteiger partial charge is 0.300 e. The third kappa shape index (κ3) is 4.31. The normalized spacial score (nSPS) is 17.8. The van der Waals surface area contributed by atoms with Gasteiger partial charge in [-0.05, 0) is 52.9 Å². The van der Waals surface area contributed by atoms with Crippen LogP contribution in [0.2, 0.25) is 5.02 Å². The van der Waals surface area contributed by atoms with Crippen molar-refractivity contribution in [2.75, 3.05) is 12.0 Å². The Morgan fingerprint density at radius 3 is 2.18 bits per heavy atom. The fourth-order valence-corrected chi connectivity index (χ4v) is 4.30. The molecule has 1 atom stereocenters. The van der Waals surface area contributed by atoms with Gasteiger partial charge < -0.3 is 9.84 Å². The average Bonchev–Trinajstić information content (AvgIpc) is 3.08. The number of hydrogen-bond donors (Lipinski definition) is 1. The van der Waals surface area contributed by atoms with Gasteiger partial charge in [-0.25, -0.2) is 0 Å². The molecule has 5 nitrogen and oxygen atoms in total. The molecule has 1 unspecified atom stereocenters. The average molecular weight is 476 g/mol. The maximum Gasteiger partial charge on any atom is 0.300 e. The number of amides is 1. The molecule has 0 aliphatic carbocycles. The minimum absolute atomic E-state index is 0.0200. The van der Waals surface area contributed by atoms with Gasteiger partial charge in [-0.3, -0.25) is 14.5 Å². The highest BCUT2D eigenvalue weighted by Crippen LogP contribution is 2.43. The number of halogens is 1. The maximum absolute atomic E-state index is 13.3. The van der Waals surface area contributed by atoms with E-state index in [1.807, 2.05) is 24.3 Å². The highest BCUT2D eigenvalue weighted by atomic mass is 35.5. The van der Waals surface area contributed by atoms with Gasteiger partial charge in [0, 0.05) is 16.3 Å². The Morgan fingerprint density at radius 1 is 0.971 bits per heavy atom. The minimum atomic E-state index is -0.804. The second-order valence-corrected chi connectivity index (χ2v) is 9.69. The van der Waals surface area contributed by atoms with Crippen LogP contribution in [-0.2, 0) is 15.0 Å². The van der Waals surface area contributed by atoms with Gasteiger partial charge in [-0.2, -0.15) is 0 Å². The van der Waals surface area contributed by atoms with Crippen LogP contribution in [0.3, 0.4) is 0 Å². The van der Waals surface area contributed by atoms with Crippen molar-refractivity contribution < 1.29 is 19.4 Å². The molecule has 6 heteroatoms. The number of anilines is 1. The Kier molecular flexibility index (Phi) is 6.24. The molecule has 0 spiro atoms.